The minimum Gasteiger partial charge on any atom is -0.250 e. The van der Waals surface area contributed by atoms with Gasteiger partial charge >= 0.3 is 0 Å². The largest absolute Gasteiger partial charge is 0.250 e. The first kappa shape index (κ1) is 15.8. The average Bonchev–Trinajstić information content (AvgIpc) is 2.89. The predicted octanol–water partition coefficient (Wildman–Crippen LogP) is 4.87. The number of aromatic amines is 1. The molecular weight excluding hydrogens is 372 g/mol. The van der Waals surface area contributed by atoms with E-state index in [9.17, 15) is 0 Å². The summed E-state index contributed by atoms with van der Waals surface area (Å²) < 4.78 is 3.08. The van der Waals surface area contributed by atoms with E-state index < -0.39 is 0 Å². The number of aromatic nitrogens is 3. The summed E-state index contributed by atoms with van der Waals surface area (Å²) in [5.41, 5.74) is 4.36. The average molecular weight is 387 g/mol. The van der Waals surface area contributed by atoms with Gasteiger partial charge in [0.1, 0.15) is 0 Å². The summed E-state index contributed by atoms with van der Waals surface area (Å²) in [5, 5.41) is 11.6. The van der Waals surface area contributed by atoms with E-state index in [1.165, 1.54) is 11.1 Å². The lowest BCUT2D eigenvalue weighted by molar-refractivity contribution is 0.871. The van der Waals surface area contributed by atoms with Crippen molar-refractivity contribution < 1.29 is 0 Å². The Morgan fingerprint density at radius 3 is 2.83 bits per heavy atom. The lowest BCUT2D eigenvalue weighted by Gasteiger charge is -2.03. The third-order valence-electron chi connectivity index (χ3n) is 3.48. The van der Waals surface area contributed by atoms with Crippen molar-refractivity contribution in [1.29, 1.82) is 0 Å². The molecule has 0 spiro atoms. The van der Waals surface area contributed by atoms with Crippen LogP contribution in [-0.2, 0) is 0 Å². The highest BCUT2D eigenvalue weighted by atomic mass is 79.9. The summed E-state index contributed by atoms with van der Waals surface area (Å²) in [7, 11) is 0. The van der Waals surface area contributed by atoms with E-state index >= 15 is 0 Å². The maximum absolute atomic E-state index is 5.30. The number of nitrogens with zero attached hydrogens (tertiary/aromatic N) is 3. The fraction of sp³-hybridized carbons (Fsp3) is 0.118. The Labute approximate surface area is 148 Å². The van der Waals surface area contributed by atoms with Crippen molar-refractivity contribution in [3.8, 4) is 11.4 Å². The van der Waals surface area contributed by atoms with Crippen molar-refractivity contribution in [1.82, 2.24) is 14.9 Å². The second-order valence-corrected chi connectivity index (χ2v) is 6.58. The molecule has 1 N–H and O–H groups in total. The number of hydrogen-bond acceptors (Lipinski definition) is 3. The molecule has 0 saturated heterocycles. The van der Waals surface area contributed by atoms with Gasteiger partial charge < -0.3 is 0 Å². The fourth-order valence-electron chi connectivity index (χ4n) is 2.23. The topological polar surface area (TPSA) is 46.0 Å². The molecule has 0 aliphatic heterocycles. The summed E-state index contributed by atoms with van der Waals surface area (Å²) in [4.78, 5) is 0. The first-order valence-electron chi connectivity index (χ1n) is 7.09. The molecule has 0 aliphatic rings. The van der Waals surface area contributed by atoms with Crippen LogP contribution in [0.15, 0.2) is 52.0 Å². The molecule has 6 heteroatoms. The van der Waals surface area contributed by atoms with E-state index in [0.717, 1.165) is 15.6 Å². The van der Waals surface area contributed by atoms with Gasteiger partial charge in [0.25, 0.3) is 0 Å². The zero-order valence-corrected chi connectivity index (χ0v) is 15.1. The third kappa shape index (κ3) is 3.48. The van der Waals surface area contributed by atoms with Gasteiger partial charge in [-0.2, -0.15) is 14.9 Å². The molecule has 0 amide bonds. The number of H-pyrrole nitrogens is 1. The molecule has 116 valence electrons. The number of nitrogens with one attached hydrogen (secondary N) is 1. The Kier molecular flexibility index (Phi) is 4.54. The monoisotopic (exact) mass is 386 g/mol. The Morgan fingerprint density at radius 1 is 1.22 bits per heavy atom. The molecule has 0 fully saturated rings. The van der Waals surface area contributed by atoms with Crippen LogP contribution < -0.4 is 0 Å². The molecule has 0 bridgehead atoms. The molecule has 3 aromatic rings. The SMILES string of the molecule is Cc1ccc(C)c(/C=N\n2c(-c3cccc(Br)c3)n[nH]c2=S)c1. The van der Waals surface area contributed by atoms with E-state index in [1.807, 2.05) is 30.5 Å². The molecule has 0 aliphatic carbocycles. The molecule has 4 nitrogen and oxygen atoms in total. The summed E-state index contributed by atoms with van der Waals surface area (Å²) in [6.45, 7) is 4.12. The van der Waals surface area contributed by atoms with Crippen LogP contribution >= 0.6 is 28.1 Å². The minimum absolute atomic E-state index is 0.460. The van der Waals surface area contributed by atoms with Crippen molar-refractivity contribution >= 4 is 34.4 Å². The molecule has 0 atom stereocenters. The molecule has 23 heavy (non-hydrogen) atoms. The van der Waals surface area contributed by atoms with E-state index in [2.05, 4.69) is 63.3 Å². The lowest BCUT2D eigenvalue weighted by atomic mass is 10.1. The lowest BCUT2D eigenvalue weighted by Crippen LogP contribution is -1.96. The molecule has 0 saturated carbocycles. The van der Waals surface area contributed by atoms with Gasteiger partial charge in [-0.3, -0.25) is 0 Å². The van der Waals surface area contributed by atoms with Crippen molar-refractivity contribution in [3.05, 3.63) is 68.4 Å². The van der Waals surface area contributed by atoms with Crippen LogP contribution in [0.25, 0.3) is 11.4 Å². The third-order valence-corrected chi connectivity index (χ3v) is 4.24. The smallest absolute Gasteiger partial charge is 0.216 e. The maximum Gasteiger partial charge on any atom is 0.216 e. The predicted molar refractivity (Wildman–Crippen MR) is 99.5 cm³/mol. The summed E-state index contributed by atoms with van der Waals surface area (Å²) >= 11 is 8.77. The molecule has 1 heterocycles. The van der Waals surface area contributed by atoms with Gasteiger partial charge in [-0.1, -0.05) is 51.8 Å². The van der Waals surface area contributed by atoms with Gasteiger partial charge in [0.15, 0.2) is 5.82 Å². The van der Waals surface area contributed by atoms with Crippen molar-refractivity contribution in [2.75, 3.05) is 0 Å². The zero-order valence-electron chi connectivity index (χ0n) is 12.7. The second kappa shape index (κ2) is 6.60. The second-order valence-electron chi connectivity index (χ2n) is 5.28. The van der Waals surface area contributed by atoms with Crippen LogP contribution in [0.3, 0.4) is 0 Å². The van der Waals surface area contributed by atoms with E-state index in [4.69, 9.17) is 12.2 Å². The van der Waals surface area contributed by atoms with Crippen LogP contribution in [0.4, 0.5) is 0 Å². The van der Waals surface area contributed by atoms with E-state index in [0.29, 0.717) is 10.6 Å². The minimum atomic E-state index is 0.460. The number of rotatable bonds is 3. The normalized spacial score (nSPS) is 11.3. The van der Waals surface area contributed by atoms with Crippen molar-refractivity contribution in [2.24, 2.45) is 5.10 Å². The Hall–Kier alpha value is -2.05. The number of aryl methyl sites for hydroxylation is 2. The molecular formula is C17H15BrN4S. The number of hydrogen-bond donors (Lipinski definition) is 1. The van der Waals surface area contributed by atoms with Gasteiger partial charge in [-0.25, -0.2) is 5.10 Å². The zero-order chi connectivity index (χ0) is 16.4. The van der Waals surface area contributed by atoms with Crippen LogP contribution in [-0.4, -0.2) is 21.1 Å². The highest BCUT2D eigenvalue weighted by Gasteiger charge is 2.08. The van der Waals surface area contributed by atoms with Crippen LogP contribution in [0.1, 0.15) is 16.7 Å². The van der Waals surface area contributed by atoms with Crippen LogP contribution in [0, 0.1) is 18.6 Å². The molecule has 1 aromatic heterocycles. The summed E-state index contributed by atoms with van der Waals surface area (Å²) in [6, 6.07) is 14.1. The Bertz CT molecular complexity index is 940. The highest BCUT2D eigenvalue weighted by molar-refractivity contribution is 9.10. The first-order valence-corrected chi connectivity index (χ1v) is 8.30. The molecule has 0 radical (unpaired) electrons. The van der Waals surface area contributed by atoms with Gasteiger partial charge in [0.05, 0.1) is 6.21 Å². The number of benzene rings is 2. The van der Waals surface area contributed by atoms with Crippen LogP contribution in [0.2, 0.25) is 0 Å². The first-order chi connectivity index (χ1) is 11.0. The van der Waals surface area contributed by atoms with Crippen molar-refractivity contribution in [3.63, 3.8) is 0 Å². The standard InChI is InChI=1S/C17H15BrN4S/c1-11-6-7-12(2)14(8-11)10-19-22-16(20-21-17(22)23)13-4-3-5-15(18)9-13/h3-10H,1-2H3,(H,21,23)/b19-10-. The molecule has 2 aromatic carbocycles. The van der Waals surface area contributed by atoms with E-state index in [1.54, 1.807) is 4.68 Å². The van der Waals surface area contributed by atoms with Crippen molar-refractivity contribution in [2.45, 2.75) is 13.8 Å². The quantitative estimate of drug-likeness (QED) is 0.515. The highest BCUT2D eigenvalue weighted by Crippen LogP contribution is 2.21. The molecule has 3 rings (SSSR count). The summed E-state index contributed by atoms with van der Waals surface area (Å²) in [5.74, 6) is 0.679. The van der Waals surface area contributed by atoms with Gasteiger partial charge in [-0.15, -0.1) is 0 Å². The van der Waals surface area contributed by atoms with Gasteiger partial charge in [0, 0.05) is 10.0 Å². The van der Waals surface area contributed by atoms with E-state index in [-0.39, 0.29) is 0 Å². The van der Waals surface area contributed by atoms with Crippen LogP contribution in [0.5, 0.6) is 0 Å². The van der Waals surface area contributed by atoms with Gasteiger partial charge in [0.2, 0.25) is 4.77 Å². The maximum atomic E-state index is 5.30. The Balaban J connectivity index is 2.04. The summed E-state index contributed by atoms with van der Waals surface area (Å²) in [6.07, 6.45) is 1.81. The Morgan fingerprint density at radius 2 is 2.04 bits per heavy atom. The molecule has 0 unspecified atom stereocenters. The fourth-order valence-corrected chi connectivity index (χ4v) is 2.81. The van der Waals surface area contributed by atoms with Gasteiger partial charge in [-0.05, 0) is 49.3 Å². The number of halogens is 1.